The van der Waals surface area contributed by atoms with Crippen molar-refractivity contribution in [3.63, 3.8) is 0 Å². The van der Waals surface area contributed by atoms with Gasteiger partial charge < -0.3 is 10.1 Å². The Morgan fingerprint density at radius 2 is 1.68 bits per heavy atom. The Balaban J connectivity index is 1.54. The van der Waals surface area contributed by atoms with Gasteiger partial charge in [0.1, 0.15) is 5.75 Å². The molecule has 1 unspecified atom stereocenters. The molecule has 2 aliphatic rings. The summed E-state index contributed by atoms with van der Waals surface area (Å²) in [6.45, 7) is 3.68. The zero-order valence-corrected chi connectivity index (χ0v) is 19.6. The number of hydrogen-bond acceptors (Lipinski definition) is 6. The molecule has 2 fully saturated rings. The van der Waals surface area contributed by atoms with Gasteiger partial charge in [-0.05, 0) is 56.9 Å². The lowest BCUT2D eigenvalue weighted by Gasteiger charge is -2.34. The van der Waals surface area contributed by atoms with Gasteiger partial charge in [-0.3, -0.25) is 4.79 Å². The van der Waals surface area contributed by atoms with E-state index in [2.05, 4.69) is 5.32 Å². The van der Waals surface area contributed by atoms with Crippen molar-refractivity contribution in [2.75, 3.05) is 39.0 Å². The highest BCUT2D eigenvalue weighted by molar-refractivity contribution is 7.89. The summed E-state index contributed by atoms with van der Waals surface area (Å²) in [6.07, 6.45) is 3.49. The summed E-state index contributed by atoms with van der Waals surface area (Å²) in [7, 11) is -6.90. The van der Waals surface area contributed by atoms with Crippen LogP contribution in [0.3, 0.4) is 0 Å². The summed E-state index contributed by atoms with van der Waals surface area (Å²) in [4.78, 5) is 12.9. The minimum Gasteiger partial charge on any atom is -0.494 e. The lowest BCUT2D eigenvalue weighted by molar-refractivity contribution is -0.127. The largest absolute Gasteiger partial charge is 0.494 e. The van der Waals surface area contributed by atoms with Gasteiger partial charge in [0.15, 0.2) is 0 Å². The lowest BCUT2D eigenvalue weighted by Crippen LogP contribution is -2.51. The maximum Gasteiger partial charge on any atom is 0.243 e. The highest BCUT2D eigenvalue weighted by Crippen LogP contribution is 2.26. The van der Waals surface area contributed by atoms with Gasteiger partial charge in [-0.25, -0.2) is 21.1 Å². The molecule has 0 bridgehead atoms. The van der Waals surface area contributed by atoms with E-state index in [1.54, 1.807) is 12.1 Å². The van der Waals surface area contributed by atoms with Crippen molar-refractivity contribution in [3.05, 3.63) is 24.3 Å². The predicted octanol–water partition coefficient (Wildman–Crippen LogP) is 1.03. The Morgan fingerprint density at radius 1 is 1.03 bits per heavy atom. The molecule has 1 aromatic carbocycles. The summed E-state index contributed by atoms with van der Waals surface area (Å²) in [5, 5.41) is 2.97. The molecular formula is C20H31N3O6S2. The van der Waals surface area contributed by atoms with Crippen LogP contribution in [0.2, 0.25) is 0 Å². The van der Waals surface area contributed by atoms with Crippen LogP contribution in [0.25, 0.3) is 0 Å². The molecule has 9 nitrogen and oxygen atoms in total. The first-order valence-electron chi connectivity index (χ1n) is 10.6. The van der Waals surface area contributed by atoms with E-state index in [1.807, 2.05) is 6.92 Å². The Bertz CT molecular complexity index is 971. The molecule has 1 amide bonds. The van der Waals surface area contributed by atoms with Gasteiger partial charge in [-0.1, -0.05) is 0 Å². The molecule has 2 aliphatic heterocycles. The Kier molecular flexibility index (Phi) is 7.61. The van der Waals surface area contributed by atoms with Gasteiger partial charge in [0.2, 0.25) is 26.0 Å². The molecule has 0 aliphatic carbocycles. The normalized spacial score (nSPS) is 22.2. The van der Waals surface area contributed by atoms with Crippen LogP contribution in [-0.2, 0) is 24.8 Å². The van der Waals surface area contributed by atoms with Gasteiger partial charge in [-0.15, -0.1) is 0 Å². The van der Waals surface area contributed by atoms with Crippen molar-refractivity contribution in [2.24, 2.45) is 5.92 Å². The van der Waals surface area contributed by atoms with Crippen LogP contribution in [0.5, 0.6) is 5.75 Å². The molecule has 0 aromatic heterocycles. The number of carbonyl (C=O) groups is 1. The summed E-state index contributed by atoms with van der Waals surface area (Å²) in [5.74, 6) is 0.216. The number of ether oxygens (including phenoxy) is 1. The number of nitrogens with zero attached hydrogens (tertiary/aromatic N) is 2. The zero-order valence-electron chi connectivity index (χ0n) is 18.0. The van der Waals surface area contributed by atoms with Gasteiger partial charge in [0.25, 0.3) is 0 Å². The number of nitrogens with one attached hydrogen (secondary N) is 1. The monoisotopic (exact) mass is 473 g/mol. The van der Waals surface area contributed by atoms with Crippen LogP contribution < -0.4 is 10.1 Å². The number of amides is 1. The van der Waals surface area contributed by atoms with Crippen LogP contribution in [0.4, 0.5) is 0 Å². The molecule has 11 heteroatoms. The van der Waals surface area contributed by atoms with Crippen LogP contribution in [-0.4, -0.2) is 76.4 Å². The fourth-order valence-corrected chi connectivity index (χ4v) is 6.44. The van der Waals surface area contributed by atoms with E-state index in [-0.39, 0.29) is 42.4 Å². The molecule has 1 N–H and O–H groups in total. The smallest absolute Gasteiger partial charge is 0.243 e. The van der Waals surface area contributed by atoms with Gasteiger partial charge in [-0.2, -0.15) is 4.31 Å². The van der Waals surface area contributed by atoms with E-state index in [0.717, 1.165) is 6.42 Å². The summed E-state index contributed by atoms with van der Waals surface area (Å²) in [5.41, 5.74) is 0. The highest BCUT2D eigenvalue weighted by Gasteiger charge is 2.34. The quantitative estimate of drug-likeness (QED) is 0.633. The lowest BCUT2D eigenvalue weighted by atomic mass is 9.96. The van der Waals surface area contributed by atoms with Crippen LogP contribution in [0.1, 0.15) is 32.6 Å². The predicted molar refractivity (Wildman–Crippen MR) is 117 cm³/mol. The van der Waals surface area contributed by atoms with E-state index in [9.17, 15) is 21.6 Å². The first-order valence-corrected chi connectivity index (χ1v) is 13.9. The Morgan fingerprint density at radius 3 is 2.26 bits per heavy atom. The molecule has 1 atom stereocenters. The SMILES string of the molecule is CCOc1ccc(S(=O)(=O)N2CCC(C(=O)NC3CCCN(S(C)(=O)=O)C3)CC2)cc1. The third-order valence-corrected chi connectivity index (χ3v) is 8.98. The van der Waals surface area contributed by atoms with Crippen molar-refractivity contribution < 1.29 is 26.4 Å². The van der Waals surface area contributed by atoms with E-state index in [0.29, 0.717) is 38.2 Å². The average molecular weight is 474 g/mol. The number of benzene rings is 1. The van der Waals surface area contributed by atoms with Crippen molar-refractivity contribution in [3.8, 4) is 5.75 Å². The number of hydrogen-bond donors (Lipinski definition) is 1. The fraction of sp³-hybridized carbons (Fsp3) is 0.650. The zero-order chi connectivity index (χ0) is 22.6. The minimum absolute atomic E-state index is 0.126. The first-order chi connectivity index (χ1) is 14.6. The summed E-state index contributed by atoms with van der Waals surface area (Å²) >= 11 is 0. The molecule has 174 valence electrons. The van der Waals surface area contributed by atoms with Crippen LogP contribution in [0.15, 0.2) is 29.2 Å². The Labute approximate surface area is 184 Å². The second kappa shape index (κ2) is 9.85. The van der Waals surface area contributed by atoms with Crippen molar-refractivity contribution in [2.45, 2.75) is 43.5 Å². The second-order valence-electron chi connectivity index (χ2n) is 8.05. The maximum absolute atomic E-state index is 12.9. The third-order valence-electron chi connectivity index (χ3n) is 5.80. The van der Waals surface area contributed by atoms with Crippen molar-refractivity contribution >= 4 is 26.0 Å². The van der Waals surface area contributed by atoms with Gasteiger partial charge >= 0.3 is 0 Å². The van der Waals surface area contributed by atoms with Crippen molar-refractivity contribution in [1.29, 1.82) is 0 Å². The van der Waals surface area contributed by atoms with E-state index in [1.165, 1.54) is 27.0 Å². The second-order valence-corrected chi connectivity index (χ2v) is 12.0. The molecule has 2 saturated heterocycles. The molecule has 0 saturated carbocycles. The number of rotatable bonds is 7. The van der Waals surface area contributed by atoms with Gasteiger partial charge in [0.05, 0.1) is 17.8 Å². The standard InChI is InChI=1S/C20H31N3O6S2/c1-3-29-18-6-8-19(9-7-18)31(27,28)22-13-10-16(11-14-22)20(24)21-17-5-4-12-23(15-17)30(2,25)26/h6-9,16-17H,3-5,10-15H2,1-2H3,(H,21,24). The molecule has 31 heavy (non-hydrogen) atoms. The van der Waals surface area contributed by atoms with E-state index < -0.39 is 20.0 Å². The van der Waals surface area contributed by atoms with Gasteiger partial charge in [0, 0.05) is 38.1 Å². The Hall–Kier alpha value is -1.69. The number of piperidine rings is 2. The van der Waals surface area contributed by atoms with E-state index in [4.69, 9.17) is 4.74 Å². The first kappa shape index (κ1) is 24.0. The molecule has 1 aromatic rings. The van der Waals surface area contributed by atoms with Crippen LogP contribution >= 0.6 is 0 Å². The van der Waals surface area contributed by atoms with Crippen LogP contribution in [0, 0.1) is 5.92 Å². The minimum atomic E-state index is -3.62. The third kappa shape index (κ3) is 5.97. The molecular weight excluding hydrogens is 442 g/mol. The molecule has 2 heterocycles. The molecule has 0 spiro atoms. The number of sulfonamides is 2. The fourth-order valence-electron chi connectivity index (χ4n) is 4.06. The summed E-state index contributed by atoms with van der Waals surface area (Å²) < 4.78 is 57.5. The topological polar surface area (TPSA) is 113 Å². The molecule has 3 rings (SSSR count). The average Bonchev–Trinajstić information content (AvgIpc) is 2.74. The van der Waals surface area contributed by atoms with E-state index >= 15 is 0 Å². The molecule has 0 radical (unpaired) electrons. The van der Waals surface area contributed by atoms with Crippen molar-refractivity contribution in [1.82, 2.24) is 13.9 Å². The maximum atomic E-state index is 12.9. The highest BCUT2D eigenvalue weighted by atomic mass is 32.2. The summed E-state index contributed by atoms with van der Waals surface area (Å²) in [6, 6.07) is 6.15. The number of carbonyl (C=O) groups excluding carboxylic acids is 1.